The first-order valence-corrected chi connectivity index (χ1v) is 7.28. The molecule has 0 radical (unpaired) electrons. The number of Topliss-reactive ketones (excluding diaryl/α,β-unsaturated/α-hetero) is 1. The molecule has 23 heavy (non-hydrogen) atoms. The van der Waals surface area contributed by atoms with Crippen molar-refractivity contribution in [3.05, 3.63) is 70.0 Å². The Morgan fingerprint density at radius 3 is 2.35 bits per heavy atom. The number of hydrogen-bond acceptors (Lipinski definition) is 3. The third-order valence-electron chi connectivity index (χ3n) is 3.34. The zero-order valence-electron chi connectivity index (χ0n) is 12.3. The maximum atomic E-state index is 13.3. The Balaban J connectivity index is 1.97. The van der Waals surface area contributed by atoms with E-state index in [1.807, 2.05) is 0 Å². The minimum absolute atomic E-state index is 0.0319. The topological polar surface area (TPSA) is 66.4 Å². The van der Waals surface area contributed by atoms with E-state index < -0.39 is 17.8 Å². The lowest BCUT2D eigenvalue weighted by Gasteiger charge is -2.13. The second kappa shape index (κ2) is 7.35. The fraction of sp³-hybridized carbons (Fsp3) is 0.176. The summed E-state index contributed by atoms with van der Waals surface area (Å²) in [4.78, 5) is 23.2. The van der Waals surface area contributed by atoms with Crippen LogP contribution in [-0.2, 0) is 0 Å². The Kier molecular flexibility index (Phi) is 5.47. The molecule has 0 heterocycles. The lowest BCUT2D eigenvalue weighted by molar-refractivity contribution is 0.0915. The average Bonchev–Trinajstić information content (AvgIpc) is 2.54. The van der Waals surface area contributed by atoms with Crippen molar-refractivity contribution in [1.29, 1.82) is 0 Å². The minimum Gasteiger partial charge on any atom is -0.387 e. The van der Waals surface area contributed by atoms with Crippen LogP contribution in [0, 0.1) is 5.82 Å². The van der Waals surface area contributed by atoms with Gasteiger partial charge in [0.05, 0.1) is 11.1 Å². The van der Waals surface area contributed by atoms with E-state index in [1.54, 1.807) is 12.1 Å². The molecule has 0 aliphatic rings. The molecular weight excluding hydrogens is 321 g/mol. The first-order chi connectivity index (χ1) is 10.9. The van der Waals surface area contributed by atoms with Gasteiger partial charge in [0, 0.05) is 17.7 Å². The van der Waals surface area contributed by atoms with E-state index in [9.17, 15) is 19.1 Å². The monoisotopic (exact) mass is 335 g/mol. The summed E-state index contributed by atoms with van der Waals surface area (Å²) in [6.07, 6.45) is -1.05. The van der Waals surface area contributed by atoms with E-state index >= 15 is 0 Å². The van der Waals surface area contributed by atoms with Crippen LogP contribution in [0.4, 0.5) is 4.39 Å². The molecule has 2 N–H and O–H groups in total. The van der Waals surface area contributed by atoms with Crippen LogP contribution in [0.1, 0.15) is 39.3 Å². The third kappa shape index (κ3) is 4.37. The van der Waals surface area contributed by atoms with Gasteiger partial charge in [-0.2, -0.15) is 0 Å². The van der Waals surface area contributed by atoms with Crippen LogP contribution in [0.25, 0.3) is 0 Å². The van der Waals surface area contributed by atoms with Gasteiger partial charge >= 0.3 is 0 Å². The van der Waals surface area contributed by atoms with Crippen molar-refractivity contribution in [1.82, 2.24) is 5.32 Å². The molecule has 0 fully saturated rings. The second-order valence-electron chi connectivity index (χ2n) is 5.03. The minimum atomic E-state index is -1.05. The van der Waals surface area contributed by atoms with E-state index in [1.165, 1.54) is 31.2 Å². The molecule has 6 heteroatoms. The summed E-state index contributed by atoms with van der Waals surface area (Å²) in [7, 11) is 0. The summed E-state index contributed by atoms with van der Waals surface area (Å²) < 4.78 is 13.3. The molecule has 1 amide bonds. The van der Waals surface area contributed by atoms with Crippen molar-refractivity contribution >= 4 is 23.3 Å². The summed E-state index contributed by atoms with van der Waals surface area (Å²) >= 11 is 5.58. The number of halogens is 2. The van der Waals surface area contributed by atoms with Gasteiger partial charge in [-0.3, -0.25) is 9.59 Å². The van der Waals surface area contributed by atoms with Crippen LogP contribution in [0.2, 0.25) is 5.02 Å². The molecule has 0 bridgehead atoms. The smallest absolute Gasteiger partial charge is 0.251 e. The Hall–Kier alpha value is -2.24. The van der Waals surface area contributed by atoms with Gasteiger partial charge in [-0.25, -0.2) is 4.39 Å². The highest BCUT2D eigenvalue weighted by atomic mass is 35.5. The molecule has 0 saturated carbocycles. The van der Waals surface area contributed by atoms with Crippen molar-refractivity contribution in [3.8, 4) is 0 Å². The van der Waals surface area contributed by atoms with Crippen molar-refractivity contribution in [3.63, 3.8) is 0 Å². The molecule has 120 valence electrons. The van der Waals surface area contributed by atoms with Crippen LogP contribution in [0.3, 0.4) is 0 Å². The number of rotatable bonds is 5. The average molecular weight is 336 g/mol. The summed E-state index contributed by atoms with van der Waals surface area (Å²) in [5.74, 6) is -1.11. The summed E-state index contributed by atoms with van der Waals surface area (Å²) in [5, 5.41) is 12.5. The first kappa shape index (κ1) is 17.1. The van der Waals surface area contributed by atoms with Crippen LogP contribution < -0.4 is 5.32 Å². The van der Waals surface area contributed by atoms with E-state index in [-0.39, 0.29) is 17.4 Å². The molecule has 2 aromatic carbocycles. The van der Waals surface area contributed by atoms with Crippen molar-refractivity contribution < 1.29 is 19.1 Å². The van der Waals surface area contributed by atoms with Gasteiger partial charge in [-0.15, -0.1) is 0 Å². The van der Waals surface area contributed by atoms with Gasteiger partial charge in [-0.05, 0) is 36.8 Å². The highest BCUT2D eigenvalue weighted by Gasteiger charge is 2.13. The largest absolute Gasteiger partial charge is 0.387 e. The predicted molar refractivity (Wildman–Crippen MR) is 85.1 cm³/mol. The molecule has 0 aromatic heterocycles. The Labute approximate surface area is 137 Å². The lowest BCUT2D eigenvalue weighted by atomic mass is 10.1. The number of aliphatic hydroxyl groups is 1. The summed E-state index contributed by atoms with van der Waals surface area (Å²) in [5.41, 5.74) is 1.20. The first-order valence-electron chi connectivity index (χ1n) is 6.90. The van der Waals surface area contributed by atoms with Crippen LogP contribution in [0.15, 0.2) is 42.5 Å². The van der Waals surface area contributed by atoms with Gasteiger partial charge < -0.3 is 10.4 Å². The van der Waals surface area contributed by atoms with Gasteiger partial charge in [-0.1, -0.05) is 29.8 Å². The normalized spacial score (nSPS) is 11.8. The third-order valence-corrected chi connectivity index (χ3v) is 3.64. The van der Waals surface area contributed by atoms with E-state index in [2.05, 4.69) is 5.32 Å². The van der Waals surface area contributed by atoms with Crippen LogP contribution in [-0.4, -0.2) is 23.3 Å². The number of hydrogen-bond donors (Lipinski definition) is 2. The molecule has 0 aliphatic heterocycles. The van der Waals surface area contributed by atoms with Gasteiger partial charge in [0.2, 0.25) is 0 Å². The maximum Gasteiger partial charge on any atom is 0.251 e. The molecule has 0 spiro atoms. The predicted octanol–water partition coefficient (Wildman–Crippen LogP) is 3.15. The number of benzene rings is 2. The van der Waals surface area contributed by atoms with Crippen molar-refractivity contribution in [2.45, 2.75) is 13.0 Å². The quantitative estimate of drug-likeness (QED) is 0.825. The highest BCUT2D eigenvalue weighted by Crippen LogP contribution is 2.20. The number of aliphatic hydroxyl groups excluding tert-OH is 1. The maximum absolute atomic E-state index is 13.3. The zero-order valence-corrected chi connectivity index (χ0v) is 13.1. The zero-order chi connectivity index (χ0) is 17.0. The Morgan fingerprint density at radius 2 is 1.78 bits per heavy atom. The van der Waals surface area contributed by atoms with Gasteiger partial charge in [0.15, 0.2) is 5.78 Å². The van der Waals surface area contributed by atoms with E-state index in [0.29, 0.717) is 16.7 Å². The van der Waals surface area contributed by atoms with Crippen LogP contribution in [0.5, 0.6) is 0 Å². The SMILES string of the molecule is CC(=O)c1ccc(C(=O)NCC(O)c2ccc(Cl)c(F)c2)cc1. The van der Waals surface area contributed by atoms with E-state index in [0.717, 1.165) is 6.07 Å². The van der Waals surface area contributed by atoms with Gasteiger partial charge in [0.1, 0.15) is 5.82 Å². The molecule has 0 saturated heterocycles. The fourth-order valence-electron chi connectivity index (χ4n) is 1.99. The van der Waals surface area contributed by atoms with Gasteiger partial charge in [0.25, 0.3) is 5.91 Å². The van der Waals surface area contributed by atoms with Crippen molar-refractivity contribution in [2.24, 2.45) is 0 Å². The second-order valence-corrected chi connectivity index (χ2v) is 5.44. The van der Waals surface area contributed by atoms with Crippen molar-refractivity contribution in [2.75, 3.05) is 6.54 Å². The molecule has 0 aliphatic carbocycles. The molecule has 1 atom stereocenters. The molecule has 4 nitrogen and oxygen atoms in total. The fourth-order valence-corrected chi connectivity index (χ4v) is 2.10. The van der Waals surface area contributed by atoms with E-state index in [4.69, 9.17) is 11.6 Å². The molecule has 2 rings (SSSR count). The number of carbonyl (C=O) groups excluding carboxylic acids is 2. The Bertz CT molecular complexity index is 731. The molecule has 1 unspecified atom stereocenters. The lowest BCUT2D eigenvalue weighted by Crippen LogP contribution is -2.28. The number of amides is 1. The van der Waals surface area contributed by atoms with Crippen LogP contribution >= 0.6 is 11.6 Å². The molecule has 2 aromatic rings. The summed E-state index contributed by atoms with van der Waals surface area (Å²) in [6.45, 7) is 1.37. The standard InChI is InChI=1S/C17H15ClFNO3/c1-10(21)11-2-4-12(5-3-11)17(23)20-9-16(22)13-6-7-14(18)15(19)8-13/h2-8,16,22H,9H2,1H3,(H,20,23). The number of ketones is 1. The number of carbonyl (C=O) groups is 2. The highest BCUT2D eigenvalue weighted by molar-refractivity contribution is 6.30. The summed E-state index contributed by atoms with van der Waals surface area (Å²) in [6, 6.07) is 10.1. The number of nitrogens with one attached hydrogen (secondary N) is 1. The molecular formula is C17H15ClFNO3. The Morgan fingerprint density at radius 1 is 1.17 bits per heavy atom.